The van der Waals surface area contributed by atoms with Crippen LogP contribution in [0.5, 0.6) is 0 Å². The third-order valence-corrected chi connectivity index (χ3v) is 0. The third-order valence-electron chi connectivity index (χ3n) is 0. The van der Waals surface area contributed by atoms with E-state index in [1.807, 2.05) is 0 Å². The van der Waals surface area contributed by atoms with Crippen molar-refractivity contribution in [1.82, 2.24) is 0 Å². The molecule has 0 aromatic heterocycles. The molecule has 0 aliphatic rings. The van der Waals surface area contributed by atoms with Gasteiger partial charge in [-0.1, -0.05) is 0 Å². The molecule has 4 heavy (non-hydrogen) atoms. The molecule has 20 valence electrons. The van der Waals surface area contributed by atoms with Gasteiger partial charge < -0.3 is 5.71 Å². The molecule has 0 rings (SSSR count). The number of hydrogen-bond acceptors (Lipinski definition) is 0. The first-order chi connectivity index (χ1) is 0. The van der Waals surface area contributed by atoms with E-state index in [1.165, 1.54) is 0 Å². The van der Waals surface area contributed by atoms with Gasteiger partial charge in [-0.25, -0.2) is 0 Å². The molecule has 0 saturated heterocycles. The molecule has 0 N–H and O–H groups in total. The Morgan fingerprint density at radius 3 is 1.25 bits per heavy atom. The van der Waals surface area contributed by atoms with E-state index < -0.39 is 0 Å². The van der Waals surface area contributed by atoms with E-state index in [1.54, 1.807) is 0 Å². The van der Waals surface area contributed by atoms with Gasteiger partial charge in [-0.15, -0.1) is 0 Å². The van der Waals surface area contributed by atoms with Crippen molar-refractivity contribution in [1.29, 1.82) is 0 Å². The van der Waals surface area contributed by atoms with E-state index in [0.29, 0.717) is 0 Å². The SMILES string of the molecule is [Ba+2].[Co].[H-].[H-].[H-].[H-].[Pr].[Sr+2]. The first-order valence-corrected chi connectivity index (χ1v) is 0. The summed E-state index contributed by atoms with van der Waals surface area (Å²) >= 11 is 0. The molecule has 0 bridgehead atoms. The van der Waals surface area contributed by atoms with E-state index in [4.69, 9.17) is 0 Å². The minimum Gasteiger partial charge on any atom is -1.00 e. The molecule has 0 aromatic rings. The smallest absolute Gasteiger partial charge is 1.00 e. The summed E-state index contributed by atoms with van der Waals surface area (Å²) in [6, 6.07) is 0. The van der Waals surface area contributed by atoms with Crippen LogP contribution in [0, 0.1) is 41.3 Å². The summed E-state index contributed by atoms with van der Waals surface area (Å²) in [6.45, 7) is 0. The quantitative estimate of drug-likeness (QED) is 0.464. The van der Waals surface area contributed by atoms with Crippen molar-refractivity contribution in [2.75, 3.05) is 0 Å². The van der Waals surface area contributed by atoms with E-state index in [0.717, 1.165) is 0 Å². The van der Waals surface area contributed by atoms with E-state index in [-0.39, 0.29) is 158 Å². The zero-order valence-electron chi connectivity index (χ0n) is 6.32. The monoisotopic (exact) mass is 430 g/mol. The summed E-state index contributed by atoms with van der Waals surface area (Å²) < 4.78 is 0. The molecule has 0 amide bonds. The molecule has 0 aromatic carbocycles. The van der Waals surface area contributed by atoms with Gasteiger partial charge in [0, 0.05) is 58.1 Å². The van der Waals surface area contributed by atoms with Crippen LogP contribution in [0.1, 0.15) is 5.71 Å². The molecule has 2 radical (unpaired) electrons. The molecule has 0 nitrogen and oxygen atoms in total. The van der Waals surface area contributed by atoms with Crippen molar-refractivity contribution in [3.8, 4) is 0 Å². The summed E-state index contributed by atoms with van der Waals surface area (Å²) in [4.78, 5) is 0. The Hall–Kier alpha value is 4.92. The second-order valence-corrected chi connectivity index (χ2v) is 0. The molecule has 0 unspecified atom stereocenters. The molecule has 0 aliphatic carbocycles. The van der Waals surface area contributed by atoms with Crippen LogP contribution in [0.15, 0.2) is 0 Å². The maximum atomic E-state index is 0. The maximum absolute atomic E-state index is 0. The van der Waals surface area contributed by atoms with Gasteiger partial charge in [0.15, 0.2) is 0 Å². The van der Waals surface area contributed by atoms with Gasteiger partial charge in [-0.05, 0) is 0 Å². The van der Waals surface area contributed by atoms with Crippen molar-refractivity contribution in [3.63, 3.8) is 0 Å². The van der Waals surface area contributed by atoms with Gasteiger partial charge in [-0.2, -0.15) is 0 Å². The predicted octanol–water partition coefficient (Wildman–Crippen LogP) is -0.314. The van der Waals surface area contributed by atoms with Crippen LogP contribution in [0.4, 0.5) is 0 Å². The number of hydrogen-bond donors (Lipinski definition) is 0. The first kappa shape index (κ1) is 23.1. The Bertz CT molecular complexity index is 16.0. The van der Waals surface area contributed by atoms with Crippen LogP contribution in [0.3, 0.4) is 0 Å². The molecule has 0 aliphatic heterocycles. The van der Waals surface area contributed by atoms with Gasteiger partial charge >= 0.3 is 94.4 Å². The fourth-order valence-electron chi connectivity index (χ4n) is 0. The van der Waals surface area contributed by atoms with Gasteiger partial charge in [0.2, 0.25) is 0 Å². The Morgan fingerprint density at radius 1 is 1.25 bits per heavy atom. The van der Waals surface area contributed by atoms with Crippen molar-refractivity contribution < 1.29 is 63.8 Å². The Labute approximate surface area is 153 Å². The second-order valence-electron chi connectivity index (χ2n) is 0. The largest absolute Gasteiger partial charge is 2.00 e. The predicted molar refractivity (Wildman–Crippen MR) is 16.0 cm³/mol. The van der Waals surface area contributed by atoms with Crippen molar-refractivity contribution in [3.05, 3.63) is 0 Å². The summed E-state index contributed by atoms with van der Waals surface area (Å²) in [5.74, 6) is 0. The summed E-state index contributed by atoms with van der Waals surface area (Å²) in [7, 11) is 0. The minimum absolute atomic E-state index is 0. The van der Waals surface area contributed by atoms with Crippen molar-refractivity contribution >= 4 is 94.4 Å². The summed E-state index contributed by atoms with van der Waals surface area (Å²) in [6.07, 6.45) is 0. The Morgan fingerprint density at radius 2 is 1.25 bits per heavy atom. The van der Waals surface area contributed by atoms with Gasteiger partial charge in [-0.3, -0.25) is 0 Å². The van der Waals surface area contributed by atoms with E-state index in [2.05, 4.69) is 0 Å². The molecular formula is H4BaCoPrSr. The molecule has 0 spiro atoms. The number of rotatable bonds is 0. The first-order valence-electron chi connectivity index (χ1n) is 0. The van der Waals surface area contributed by atoms with Crippen LogP contribution in [0.2, 0.25) is 0 Å². The molecular weight excluding hydrogens is 425 g/mol. The van der Waals surface area contributed by atoms with Crippen molar-refractivity contribution in [2.24, 2.45) is 0 Å². The minimum atomic E-state index is 0. The average Bonchev–Trinajstić information content (AvgIpc) is 0. The van der Waals surface area contributed by atoms with Gasteiger partial charge in [0.1, 0.15) is 0 Å². The normalized spacial score (nSPS) is 0. The second kappa shape index (κ2) is 15.7. The maximum Gasteiger partial charge on any atom is 2.00 e. The van der Waals surface area contributed by atoms with Crippen LogP contribution in [-0.2, 0) is 16.8 Å². The molecule has 4 heteroatoms. The fourth-order valence-corrected chi connectivity index (χ4v) is 0. The summed E-state index contributed by atoms with van der Waals surface area (Å²) in [5, 5.41) is 0. The van der Waals surface area contributed by atoms with Gasteiger partial charge in [0.05, 0.1) is 0 Å². The fraction of sp³-hybridized carbons (Fsp3) is 0. The van der Waals surface area contributed by atoms with Crippen LogP contribution in [-0.4, -0.2) is 94.4 Å². The Balaban J connectivity index is 0. The van der Waals surface area contributed by atoms with Crippen molar-refractivity contribution in [2.45, 2.75) is 0 Å². The van der Waals surface area contributed by atoms with Gasteiger partial charge in [0.25, 0.3) is 0 Å². The molecule has 0 atom stereocenters. The average molecular weight is 429 g/mol. The zero-order valence-corrected chi connectivity index (χ0v) is 15.0. The summed E-state index contributed by atoms with van der Waals surface area (Å²) in [5.41, 5.74) is 0. The molecule has 0 heterocycles. The molecule has 0 saturated carbocycles. The topological polar surface area (TPSA) is 0 Å². The standard InChI is InChI=1S/Ba.Co.Pr.Sr.4H/q+2;;;+2;4*-1. The zero-order chi connectivity index (χ0) is 0. The van der Waals surface area contributed by atoms with E-state index in [9.17, 15) is 0 Å². The van der Waals surface area contributed by atoms with E-state index >= 15 is 0 Å². The van der Waals surface area contributed by atoms with Crippen LogP contribution in [0.25, 0.3) is 0 Å². The molecule has 0 fully saturated rings. The third kappa shape index (κ3) is 10.0. The van der Waals surface area contributed by atoms with Crippen LogP contribution < -0.4 is 0 Å². The Kier molecular flexibility index (Phi) is 90.5. The van der Waals surface area contributed by atoms with Crippen LogP contribution >= 0.6 is 0 Å².